The zero-order valence-electron chi connectivity index (χ0n) is 19.8. The molecule has 0 fully saturated rings. The molecule has 0 bridgehead atoms. The highest BCUT2D eigenvalue weighted by molar-refractivity contribution is 6.33. The summed E-state index contributed by atoms with van der Waals surface area (Å²) in [6.45, 7) is 8.09. The summed E-state index contributed by atoms with van der Waals surface area (Å²) in [6.07, 6.45) is 0.604. The fraction of sp³-hybridized carbons (Fsp3) is 0.286. The molecule has 0 atom stereocenters. The largest absolute Gasteiger partial charge is 0.491 e. The molecule has 5 nitrogen and oxygen atoms in total. The molecule has 6 heteroatoms. The van der Waals surface area contributed by atoms with Gasteiger partial charge in [0.15, 0.2) is 0 Å². The molecule has 0 aliphatic heterocycles. The minimum atomic E-state index is -0.183. The number of aromatic nitrogens is 2. The maximum absolute atomic E-state index is 12.5. The van der Waals surface area contributed by atoms with E-state index >= 15 is 0 Å². The lowest BCUT2D eigenvalue weighted by Gasteiger charge is -2.16. The van der Waals surface area contributed by atoms with Crippen LogP contribution in [0.1, 0.15) is 47.1 Å². The smallest absolute Gasteiger partial charge is 0.252 e. The van der Waals surface area contributed by atoms with Crippen LogP contribution in [0.2, 0.25) is 5.02 Å². The molecule has 1 N–H and O–H groups in total. The number of fused-ring (bicyclic) bond motifs is 1. The second-order valence-electron chi connectivity index (χ2n) is 8.70. The predicted octanol–water partition coefficient (Wildman–Crippen LogP) is 6.17. The fourth-order valence-corrected chi connectivity index (χ4v) is 4.31. The second-order valence-corrected chi connectivity index (χ2v) is 9.11. The lowest BCUT2D eigenvalue weighted by molar-refractivity contribution is 0.0954. The molecule has 0 saturated heterocycles. The van der Waals surface area contributed by atoms with Gasteiger partial charge in [-0.25, -0.2) is 4.98 Å². The van der Waals surface area contributed by atoms with E-state index in [4.69, 9.17) is 21.3 Å². The highest BCUT2D eigenvalue weighted by Gasteiger charge is 2.14. The molecule has 0 aliphatic carbocycles. The van der Waals surface area contributed by atoms with Crippen molar-refractivity contribution < 1.29 is 9.53 Å². The van der Waals surface area contributed by atoms with Crippen LogP contribution < -0.4 is 10.1 Å². The molecule has 1 aromatic heterocycles. The van der Waals surface area contributed by atoms with Crippen LogP contribution in [0, 0.1) is 6.92 Å². The van der Waals surface area contributed by atoms with Gasteiger partial charge in [0.2, 0.25) is 0 Å². The average molecular weight is 476 g/mol. The van der Waals surface area contributed by atoms with Crippen LogP contribution >= 0.6 is 11.6 Å². The first-order valence-corrected chi connectivity index (χ1v) is 12.0. The number of nitrogens with zero attached hydrogens (tertiary/aromatic N) is 2. The monoisotopic (exact) mass is 475 g/mol. The number of halogens is 1. The molecule has 0 spiro atoms. The quantitative estimate of drug-likeness (QED) is 0.315. The van der Waals surface area contributed by atoms with E-state index in [1.807, 2.05) is 24.3 Å². The minimum absolute atomic E-state index is 0.183. The topological polar surface area (TPSA) is 56.1 Å². The third kappa shape index (κ3) is 5.42. The van der Waals surface area contributed by atoms with Gasteiger partial charge >= 0.3 is 0 Å². The Morgan fingerprint density at radius 1 is 1.09 bits per heavy atom. The Kier molecular flexibility index (Phi) is 7.53. The van der Waals surface area contributed by atoms with Crippen molar-refractivity contribution in [3.8, 4) is 5.75 Å². The Balaban J connectivity index is 1.46. The average Bonchev–Trinajstić information content (AvgIpc) is 3.16. The minimum Gasteiger partial charge on any atom is -0.491 e. The van der Waals surface area contributed by atoms with E-state index in [0.29, 0.717) is 42.6 Å². The first-order chi connectivity index (χ1) is 16.4. The number of aryl methyl sites for hydroxylation is 1. The van der Waals surface area contributed by atoms with Crippen molar-refractivity contribution >= 4 is 28.5 Å². The van der Waals surface area contributed by atoms with Gasteiger partial charge in [-0.1, -0.05) is 61.8 Å². The van der Waals surface area contributed by atoms with E-state index in [9.17, 15) is 4.79 Å². The number of carbonyl (C=O) groups is 1. The number of hydrogen-bond donors (Lipinski definition) is 1. The molecule has 0 saturated carbocycles. The molecule has 4 aromatic rings. The Hall–Kier alpha value is -3.31. The summed E-state index contributed by atoms with van der Waals surface area (Å²) in [6, 6.07) is 21.5. The van der Waals surface area contributed by atoms with Gasteiger partial charge < -0.3 is 14.6 Å². The van der Waals surface area contributed by atoms with Crippen molar-refractivity contribution in [1.82, 2.24) is 14.9 Å². The van der Waals surface area contributed by atoms with Crippen molar-refractivity contribution in [1.29, 1.82) is 0 Å². The molecule has 0 aliphatic rings. The number of ether oxygens (including phenoxy) is 1. The van der Waals surface area contributed by atoms with Crippen LogP contribution in [0.5, 0.6) is 5.75 Å². The molecule has 0 unspecified atom stereocenters. The van der Waals surface area contributed by atoms with Crippen LogP contribution in [0.4, 0.5) is 0 Å². The van der Waals surface area contributed by atoms with E-state index < -0.39 is 0 Å². The lowest BCUT2D eigenvalue weighted by Crippen LogP contribution is -2.27. The van der Waals surface area contributed by atoms with E-state index in [-0.39, 0.29) is 5.91 Å². The summed E-state index contributed by atoms with van der Waals surface area (Å²) in [4.78, 5) is 17.3. The zero-order valence-corrected chi connectivity index (χ0v) is 20.6. The van der Waals surface area contributed by atoms with Gasteiger partial charge in [0.25, 0.3) is 5.91 Å². The first kappa shape index (κ1) is 23.8. The fourth-order valence-electron chi connectivity index (χ4n) is 4.08. The number of benzene rings is 3. The Bertz CT molecular complexity index is 1300. The maximum Gasteiger partial charge on any atom is 0.252 e. The number of imidazole rings is 1. The maximum atomic E-state index is 12.5. The number of nitrogens with one attached hydrogen (secondary N) is 1. The highest BCUT2D eigenvalue weighted by Crippen LogP contribution is 2.27. The Labute approximate surface area is 205 Å². The number of amides is 1. The lowest BCUT2D eigenvalue weighted by atomic mass is 10.0. The van der Waals surface area contributed by atoms with Crippen molar-refractivity contribution in [2.75, 3.05) is 13.2 Å². The van der Waals surface area contributed by atoms with Crippen LogP contribution in [-0.4, -0.2) is 28.6 Å². The van der Waals surface area contributed by atoms with Crippen molar-refractivity contribution in [2.24, 2.45) is 0 Å². The van der Waals surface area contributed by atoms with Crippen molar-refractivity contribution in [3.05, 3.63) is 94.3 Å². The van der Waals surface area contributed by atoms with E-state index in [0.717, 1.165) is 22.6 Å². The summed E-state index contributed by atoms with van der Waals surface area (Å²) in [5.74, 6) is 2.06. The summed E-state index contributed by atoms with van der Waals surface area (Å²) >= 11 is 6.15. The predicted molar refractivity (Wildman–Crippen MR) is 138 cm³/mol. The summed E-state index contributed by atoms with van der Waals surface area (Å²) < 4.78 is 8.42. The third-order valence-electron chi connectivity index (χ3n) is 5.85. The van der Waals surface area contributed by atoms with Gasteiger partial charge in [0, 0.05) is 13.0 Å². The van der Waals surface area contributed by atoms with Gasteiger partial charge in [-0.2, -0.15) is 0 Å². The SMILES string of the molecule is Cc1ccc(C(C)C)c(OCCn2c(CCNC(=O)c3ccccc3Cl)nc3ccccc32)c1. The molecule has 1 amide bonds. The standard InChI is InChI=1S/C28H30ClN3O2/c1-19(2)21-13-12-20(3)18-26(21)34-17-16-32-25-11-7-6-10-24(25)31-27(32)14-15-30-28(33)22-8-4-5-9-23(22)29/h4-13,18-19H,14-17H2,1-3H3,(H,30,33). The van der Waals surface area contributed by atoms with Crippen LogP contribution in [-0.2, 0) is 13.0 Å². The number of hydrogen-bond acceptors (Lipinski definition) is 3. The summed E-state index contributed by atoms with van der Waals surface area (Å²) in [5.41, 5.74) is 4.87. The van der Waals surface area contributed by atoms with Gasteiger partial charge in [-0.05, 0) is 54.3 Å². The molecule has 34 heavy (non-hydrogen) atoms. The van der Waals surface area contributed by atoms with E-state index in [2.05, 4.69) is 54.9 Å². The molecular weight excluding hydrogens is 446 g/mol. The molecule has 3 aromatic carbocycles. The van der Waals surface area contributed by atoms with Gasteiger partial charge in [0.1, 0.15) is 18.2 Å². The second kappa shape index (κ2) is 10.7. The number of rotatable bonds is 9. The van der Waals surface area contributed by atoms with E-state index in [1.165, 1.54) is 11.1 Å². The number of para-hydroxylation sites is 2. The van der Waals surface area contributed by atoms with Crippen molar-refractivity contribution in [3.63, 3.8) is 0 Å². The third-order valence-corrected chi connectivity index (χ3v) is 6.18. The van der Waals surface area contributed by atoms with Crippen LogP contribution in [0.3, 0.4) is 0 Å². The molecule has 1 heterocycles. The van der Waals surface area contributed by atoms with Crippen LogP contribution in [0.25, 0.3) is 11.0 Å². The Morgan fingerprint density at radius 3 is 2.65 bits per heavy atom. The molecule has 176 valence electrons. The normalized spacial score (nSPS) is 11.2. The van der Waals surface area contributed by atoms with Crippen molar-refractivity contribution in [2.45, 2.75) is 39.7 Å². The zero-order chi connectivity index (χ0) is 24.1. The molecular formula is C28H30ClN3O2. The van der Waals surface area contributed by atoms with E-state index in [1.54, 1.807) is 18.2 Å². The van der Waals surface area contributed by atoms with Gasteiger partial charge in [-0.3, -0.25) is 4.79 Å². The molecule has 0 radical (unpaired) electrons. The summed E-state index contributed by atoms with van der Waals surface area (Å²) in [5, 5.41) is 3.41. The van der Waals surface area contributed by atoms with Gasteiger partial charge in [-0.15, -0.1) is 0 Å². The summed E-state index contributed by atoms with van der Waals surface area (Å²) in [7, 11) is 0. The van der Waals surface area contributed by atoms with Crippen LogP contribution in [0.15, 0.2) is 66.7 Å². The highest BCUT2D eigenvalue weighted by atomic mass is 35.5. The number of carbonyl (C=O) groups excluding carboxylic acids is 1. The first-order valence-electron chi connectivity index (χ1n) is 11.6. The Morgan fingerprint density at radius 2 is 1.85 bits per heavy atom. The molecule has 4 rings (SSSR count). The van der Waals surface area contributed by atoms with Gasteiger partial charge in [0.05, 0.1) is 28.2 Å².